The summed E-state index contributed by atoms with van der Waals surface area (Å²) in [6.45, 7) is 0. The van der Waals surface area contributed by atoms with Gasteiger partial charge in [0.1, 0.15) is 0 Å². The summed E-state index contributed by atoms with van der Waals surface area (Å²) in [6, 6.07) is 0. The molecule has 0 aromatic rings. The van der Waals surface area contributed by atoms with E-state index >= 15 is 0 Å². The Hall–Kier alpha value is -1.41. The summed E-state index contributed by atoms with van der Waals surface area (Å²) in [7, 11) is 0. The van der Waals surface area contributed by atoms with Gasteiger partial charge >= 0.3 is 0 Å². The molecule has 4 aliphatic rings. The summed E-state index contributed by atoms with van der Waals surface area (Å²) in [4.78, 5) is 1.59. The largest absolute Gasteiger partial charge is 0.398 e. The number of thioether (sulfide) groups is 1. The summed E-state index contributed by atoms with van der Waals surface area (Å²) >= 11 is 2.06. The first kappa shape index (κ1) is 12.3. The standard InChI is InChI=1S/C18H19NS/c19-15-11-10-14-13-8-4-5-9-16(13)20-18(14)17(15)12-6-2-1-3-7-12/h1-2,4,6,8,10-11,14,18H,3,5,7,9,19H2. The zero-order chi connectivity index (χ0) is 13.5. The van der Waals surface area contributed by atoms with Gasteiger partial charge in [0.05, 0.1) is 0 Å². The van der Waals surface area contributed by atoms with Crippen LogP contribution in [-0.4, -0.2) is 5.25 Å². The van der Waals surface area contributed by atoms with E-state index in [0.717, 1.165) is 18.5 Å². The van der Waals surface area contributed by atoms with E-state index in [4.69, 9.17) is 5.73 Å². The minimum atomic E-state index is 0.505. The van der Waals surface area contributed by atoms with Crippen molar-refractivity contribution in [3.05, 3.63) is 69.9 Å². The molecule has 0 saturated carbocycles. The van der Waals surface area contributed by atoms with E-state index in [0.29, 0.717) is 11.2 Å². The summed E-state index contributed by atoms with van der Waals surface area (Å²) in [5.74, 6) is 0.528. The van der Waals surface area contributed by atoms with E-state index in [1.807, 2.05) is 0 Å². The zero-order valence-electron chi connectivity index (χ0n) is 11.5. The normalized spacial score (nSPS) is 31.5. The van der Waals surface area contributed by atoms with Gasteiger partial charge in [0.25, 0.3) is 0 Å². The van der Waals surface area contributed by atoms with Crippen molar-refractivity contribution in [3.63, 3.8) is 0 Å². The topological polar surface area (TPSA) is 26.0 Å². The number of rotatable bonds is 1. The molecule has 3 aliphatic carbocycles. The zero-order valence-corrected chi connectivity index (χ0v) is 12.3. The van der Waals surface area contributed by atoms with E-state index in [9.17, 15) is 0 Å². The van der Waals surface area contributed by atoms with Gasteiger partial charge in [-0.25, -0.2) is 0 Å². The highest BCUT2D eigenvalue weighted by atomic mass is 32.2. The van der Waals surface area contributed by atoms with E-state index in [-0.39, 0.29) is 0 Å². The summed E-state index contributed by atoms with van der Waals surface area (Å²) in [6.07, 6.45) is 20.5. The second-order valence-corrected chi connectivity index (χ2v) is 7.01. The maximum absolute atomic E-state index is 6.33. The van der Waals surface area contributed by atoms with Gasteiger partial charge in [-0.05, 0) is 53.4 Å². The van der Waals surface area contributed by atoms with Crippen LogP contribution in [0.5, 0.6) is 0 Å². The third kappa shape index (κ3) is 1.86. The van der Waals surface area contributed by atoms with Crippen molar-refractivity contribution in [3.8, 4) is 0 Å². The molecule has 0 amide bonds. The highest BCUT2D eigenvalue weighted by Crippen LogP contribution is 2.53. The fourth-order valence-corrected chi connectivity index (χ4v) is 5.25. The van der Waals surface area contributed by atoms with Gasteiger partial charge in [-0.2, -0.15) is 0 Å². The first-order chi connectivity index (χ1) is 9.84. The molecule has 20 heavy (non-hydrogen) atoms. The first-order valence-electron chi connectivity index (χ1n) is 7.45. The van der Waals surface area contributed by atoms with Crippen molar-refractivity contribution in [2.45, 2.75) is 30.9 Å². The van der Waals surface area contributed by atoms with Gasteiger partial charge < -0.3 is 5.73 Å². The van der Waals surface area contributed by atoms with Gasteiger partial charge in [0, 0.05) is 16.9 Å². The van der Waals surface area contributed by atoms with Crippen molar-refractivity contribution in [2.24, 2.45) is 11.7 Å². The maximum atomic E-state index is 6.33. The molecule has 102 valence electrons. The molecule has 0 fully saturated rings. The Morgan fingerprint density at radius 1 is 1.10 bits per heavy atom. The average Bonchev–Trinajstić information content (AvgIpc) is 2.86. The maximum Gasteiger partial charge on any atom is 0.0468 e. The van der Waals surface area contributed by atoms with Crippen LogP contribution in [0.1, 0.15) is 25.7 Å². The highest BCUT2D eigenvalue weighted by molar-refractivity contribution is 8.04. The third-order valence-electron chi connectivity index (χ3n) is 4.55. The summed E-state index contributed by atoms with van der Waals surface area (Å²) in [5, 5.41) is 0.505. The predicted octanol–water partition coefficient (Wildman–Crippen LogP) is 4.38. The summed E-state index contributed by atoms with van der Waals surface area (Å²) < 4.78 is 0. The fraction of sp³-hybridized carbons (Fsp3) is 0.333. The van der Waals surface area contributed by atoms with Crippen molar-refractivity contribution < 1.29 is 0 Å². The van der Waals surface area contributed by atoms with Crippen molar-refractivity contribution in [1.82, 2.24) is 0 Å². The second-order valence-electron chi connectivity index (χ2n) is 5.77. The molecule has 0 saturated heterocycles. The van der Waals surface area contributed by atoms with Gasteiger partial charge in [0.2, 0.25) is 0 Å². The molecule has 0 radical (unpaired) electrons. The minimum absolute atomic E-state index is 0.505. The van der Waals surface area contributed by atoms with Crippen LogP contribution in [0.25, 0.3) is 0 Å². The molecule has 1 aliphatic heterocycles. The number of allylic oxidation sites excluding steroid dienone is 10. The lowest BCUT2D eigenvalue weighted by molar-refractivity contribution is 0.758. The number of hydrogen-bond acceptors (Lipinski definition) is 2. The van der Waals surface area contributed by atoms with Crippen LogP contribution in [0.4, 0.5) is 0 Å². The molecule has 2 atom stereocenters. The van der Waals surface area contributed by atoms with Gasteiger partial charge in [-0.3, -0.25) is 0 Å². The third-order valence-corrected chi connectivity index (χ3v) is 6.06. The lowest BCUT2D eigenvalue weighted by Crippen LogP contribution is -2.24. The molecular formula is C18H19NS. The van der Waals surface area contributed by atoms with Crippen molar-refractivity contribution >= 4 is 11.8 Å². The van der Waals surface area contributed by atoms with E-state index < -0.39 is 0 Å². The number of nitrogens with two attached hydrogens (primary N) is 1. The smallest absolute Gasteiger partial charge is 0.0468 e. The highest BCUT2D eigenvalue weighted by Gasteiger charge is 2.39. The molecule has 1 heterocycles. The lowest BCUT2D eigenvalue weighted by Gasteiger charge is -2.28. The van der Waals surface area contributed by atoms with Crippen LogP contribution in [0.2, 0.25) is 0 Å². The first-order valence-corrected chi connectivity index (χ1v) is 8.33. The summed E-state index contributed by atoms with van der Waals surface area (Å²) in [5.41, 5.74) is 11.7. The molecule has 0 aromatic carbocycles. The van der Waals surface area contributed by atoms with Crippen LogP contribution >= 0.6 is 11.8 Å². The molecule has 4 rings (SSSR count). The second kappa shape index (κ2) is 4.85. The Labute approximate surface area is 124 Å². The van der Waals surface area contributed by atoms with Crippen LogP contribution in [0.15, 0.2) is 69.9 Å². The molecule has 2 N–H and O–H groups in total. The Balaban J connectivity index is 1.74. The van der Waals surface area contributed by atoms with Crippen LogP contribution in [0.3, 0.4) is 0 Å². The Morgan fingerprint density at radius 2 is 2.00 bits per heavy atom. The predicted molar refractivity (Wildman–Crippen MR) is 87.1 cm³/mol. The molecular weight excluding hydrogens is 262 g/mol. The van der Waals surface area contributed by atoms with Crippen LogP contribution in [-0.2, 0) is 0 Å². The molecule has 2 unspecified atom stereocenters. The van der Waals surface area contributed by atoms with Crippen molar-refractivity contribution in [1.29, 1.82) is 0 Å². The van der Waals surface area contributed by atoms with E-state index in [2.05, 4.69) is 54.3 Å². The monoisotopic (exact) mass is 281 g/mol. The van der Waals surface area contributed by atoms with Crippen molar-refractivity contribution in [2.75, 3.05) is 0 Å². The Kier molecular flexibility index (Phi) is 2.99. The van der Waals surface area contributed by atoms with Gasteiger partial charge in [-0.15, -0.1) is 11.8 Å². The quantitative estimate of drug-likeness (QED) is 0.772. The van der Waals surface area contributed by atoms with E-state index in [1.54, 1.807) is 10.5 Å². The fourth-order valence-electron chi connectivity index (χ4n) is 3.58. The van der Waals surface area contributed by atoms with Gasteiger partial charge in [-0.1, -0.05) is 36.5 Å². The molecule has 0 bridgehead atoms. The van der Waals surface area contributed by atoms with Crippen LogP contribution < -0.4 is 5.73 Å². The molecule has 1 nitrogen and oxygen atoms in total. The lowest BCUT2D eigenvalue weighted by atomic mass is 9.80. The minimum Gasteiger partial charge on any atom is -0.398 e. The SMILES string of the molecule is NC1=C(C2=CC=CCC2)C2SC3=C(C=CCC3)C2C=C1. The average molecular weight is 281 g/mol. The van der Waals surface area contributed by atoms with E-state index in [1.165, 1.54) is 24.0 Å². The molecule has 0 aromatic heterocycles. The number of fused-ring (bicyclic) bond motifs is 2. The van der Waals surface area contributed by atoms with Gasteiger partial charge in [0.15, 0.2) is 0 Å². The Bertz CT molecular complexity index is 628. The van der Waals surface area contributed by atoms with Crippen LogP contribution in [0, 0.1) is 5.92 Å². The Morgan fingerprint density at radius 3 is 2.85 bits per heavy atom. The molecule has 0 spiro atoms. The molecule has 2 heteroatoms. The number of hydrogen-bond donors (Lipinski definition) is 1.